The Kier molecular flexibility index (Phi) is 5.16. The molecule has 1 fully saturated rings. The Morgan fingerprint density at radius 2 is 2.24 bits per heavy atom. The zero-order valence-corrected chi connectivity index (χ0v) is 13.4. The molecule has 0 aromatic heterocycles. The highest BCUT2D eigenvalue weighted by Crippen LogP contribution is 2.11. The predicted molar refractivity (Wildman–Crippen MR) is 85.2 cm³/mol. The normalized spacial score (nSPS) is 18.9. The molecule has 0 bridgehead atoms. The second-order valence-corrected chi connectivity index (χ2v) is 6.20. The van der Waals surface area contributed by atoms with Gasteiger partial charge in [-0.05, 0) is 46.7 Å². The monoisotopic (exact) mass is 401 g/mol. The summed E-state index contributed by atoms with van der Waals surface area (Å²) >= 11 is 2.18. The van der Waals surface area contributed by atoms with E-state index in [0.717, 1.165) is 9.13 Å². The highest BCUT2D eigenvalue weighted by Gasteiger charge is 2.29. The van der Waals surface area contributed by atoms with E-state index in [2.05, 4.69) is 33.2 Å². The van der Waals surface area contributed by atoms with Gasteiger partial charge in [0.05, 0.1) is 0 Å². The first kappa shape index (κ1) is 15.7. The van der Waals surface area contributed by atoms with E-state index in [-0.39, 0.29) is 11.8 Å². The first-order valence-electron chi connectivity index (χ1n) is 6.59. The summed E-state index contributed by atoms with van der Waals surface area (Å²) in [5, 5.41) is 5.18. The van der Waals surface area contributed by atoms with Gasteiger partial charge in [0.1, 0.15) is 12.1 Å². The molecule has 112 valence electrons. The maximum Gasteiger partial charge on any atom is 0.243 e. The van der Waals surface area contributed by atoms with Crippen LogP contribution in [-0.4, -0.2) is 29.8 Å². The van der Waals surface area contributed by atoms with Crippen molar-refractivity contribution < 1.29 is 14.4 Å². The molecule has 21 heavy (non-hydrogen) atoms. The van der Waals surface area contributed by atoms with Crippen molar-refractivity contribution in [3.63, 3.8) is 0 Å². The summed E-state index contributed by atoms with van der Waals surface area (Å²) in [7, 11) is 0. The Morgan fingerprint density at radius 1 is 1.48 bits per heavy atom. The first-order chi connectivity index (χ1) is 9.95. The molecule has 0 aliphatic carbocycles. The SMILES string of the molecule is NC(=O)[C@H](Cc1cccc(I)c1)NC(=O)[C@H]1CCC(=O)N1. The van der Waals surface area contributed by atoms with Crippen molar-refractivity contribution >= 4 is 40.3 Å². The summed E-state index contributed by atoms with van der Waals surface area (Å²) in [4.78, 5) is 34.7. The number of hydrogen-bond donors (Lipinski definition) is 3. The summed E-state index contributed by atoms with van der Waals surface area (Å²) in [6.07, 6.45) is 1.11. The molecule has 1 aliphatic rings. The minimum absolute atomic E-state index is 0.150. The summed E-state index contributed by atoms with van der Waals surface area (Å²) in [5.74, 6) is -1.11. The lowest BCUT2D eigenvalue weighted by molar-refractivity contribution is -0.129. The lowest BCUT2D eigenvalue weighted by Crippen LogP contribution is -2.51. The molecule has 3 amide bonds. The van der Waals surface area contributed by atoms with E-state index in [0.29, 0.717) is 19.3 Å². The number of carbonyl (C=O) groups excluding carboxylic acids is 3. The number of carbonyl (C=O) groups is 3. The van der Waals surface area contributed by atoms with E-state index in [4.69, 9.17) is 5.73 Å². The molecular weight excluding hydrogens is 385 g/mol. The largest absolute Gasteiger partial charge is 0.368 e. The van der Waals surface area contributed by atoms with Crippen LogP contribution in [0, 0.1) is 3.57 Å². The molecule has 2 rings (SSSR count). The minimum atomic E-state index is -0.784. The molecule has 1 aromatic carbocycles. The molecule has 7 heteroatoms. The van der Waals surface area contributed by atoms with Crippen LogP contribution in [0.5, 0.6) is 0 Å². The minimum Gasteiger partial charge on any atom is -0.368 e. The number of nitrogens with two attached hydrogens (primary N) is 1. The van der Waals surface area contributed by atoms with Gasteiger partial charge in [-0.3, -0.25) is 14.4 Å². The van der Waals surface area contributed by atoms with Crippen molar-refractivity contribution in [1.29, 1.82) is 0 Å². The number of primary amides is 1. The number of halogens is 1. The van der Waals surface area contributed by atoms with Crippen molar-refractivity contribution in [2.24, 2.45) is 5.73 Å². The fourth-order valence-corrected chi connectivity index (χ4v) is 2.81. The molecule has 1 aromatic rings. The summed E-state index contributed by atoms with van der Waals surface area (Å²) < 4.78 is 1.04. The Bertz CT molecular complexity index is 576. The molecule has 1 aliphatic heterocycles. The van der Waals surface area contributed by atoms with E-state index in [1.165, 1.54) is 0 Å². The van der Waals surface area contributed by atoms with Gasteiger partial charge in [-0.2, -0.15) is 0 Å². The van der Waals surface area contributed by atoms with Gasteiger partial charge in [0.15, 0.2) is 0 Å². The van der Waals surface area contributed by atoms with Crippen LogP contribution in [0.4, 0.5) is 0 Å². The number of hydrogen-bond acceptors (Lipinski definition) is 3. The molecule has 0 unspecified atom stereocenters. The second kappa shape index (κ2) is 6.88. The highest BCUT2D eigenvalue weighted by atomic mass is 127. The van der Waals surface area contributed by atoms with Crippen molar-refractivity contribution in [3.05, 3.63) is 33.4 Å². The highest BCUT2D eigenvalue weighted by molar-refractivity contribution is 14.1. The van der Waals surface area contributed by atoms with Crippen molar-refractivity contribution in [1.82, 2.24) is 10.6 Å². The predicted octanol–water partition coefficient (Wildman–Crippen LogP) is 0.0824. The third-order valence-electron chi connectivity index (χ3n) is 3.30. The van der Waals surface area contributed by atoms with Crippen LogP contribution >= 0.6 is 22.6 Å². The van der Waals surface area contributed by atoms with Gasteiger partial charge >= 0.3 is 0 Å². The molecule has 2 atom stereocenters. The molecule has 0 spiro atoms. The third-order valence-corrected chi connectivity index (χ3v) is 3.97. The molecule has 0 radical (unpaired) electrons. The molecule has 6 nitrogen and oxygen atoms in total. The quantitative estimate of drug-likeness (QED) is 0.610. The van der Waals surface area contributed by atoms with Gasteiger partial charge in [0.2, 0.25) is 17.7 Å². The van der Waals surface area contributed by atoms with Crippen LogP contribution in [0.1, 0.15) is 18.4 Å². The van der Waals surface area contributed by atoms with Crippen molar-refractivity contribution in [2.75, 3.05) is 0 Å². The Balaban J connectivity index is 2.00. The van der Waals surface area contributed by atoms with E-state index in [1.807, 2.05) is 24.3 Å². The van der Waals surface area contributed by atoms with Crippen LogP contribution in [-0.2, 0) is 20.8 Å². The molecular formula is C14H16IN3O3. The van der Waals surface area contributed by atoms with Crippen molar-refractivity contribution in [3.8, 4) is 0 Å². The van der Waals surface area contributed by atoms with Gasteiger partial charge in [-0.1, -0.05) is 12.1 Å². The molecule has 1 heterocycles. The van der Waals surface area contributed by atoms with Gasteiger partial charge in [-0.25, -0.2) is 0 Å². The van der Waals surface area contributed by atoms with Crippen LogP contribution in [0.15, 0.2) is 24.3 Å². The van der Waals surface area contributed by atoms with Crippen LogP contribution in [0.2, 0.25) is 0 Å². The van der Waals surface area contributed by atoms with Crippen LogP contribution in [0.25, 0.3) is 0 Å². The van der Waals surface area contributed by atoms with E-state index in [1.54, 1.807) is 0 Å². The maximum absolute atomic E-state index is 12.0. The molecule has 4 N–H and O–H groups in total. The van der Waals surface area contributed by atoms with Gasteiger partial charge in [0, 0.05) is 16.4 Å². The molecule has 1 saturated heterocycles. The zero-order chi connectivity index (χ0) is 15.4. The Morgan fingerprint density at radius 3 is 2.81 bits per heavy atom. The summed E-state index contributed by atoms with van der Waals surface area (Å²) in [6.45, 7) is 0. The number of rotatable bonds is 5. The van der Waals surface area contributed by atoms with Gasteiger partial charge < -0.3 is 16.4 Å². The first-order valence-corrected chi connectivity index (χ1v) is 7.67. The van der Waals surface area contributed by atoms with E-state index >= 15 is 0 Å². The average molecular weight is 401 g/mol. The van der Waals surface area contributed by atoms with Crippen LogP contribution < -0.4 is 16.4 Å². The van der Waals surface area contributed by atoms with E-state index in [9.17, 15) is 14.4 Å². The third kappa shape index (κ3) is 4.42. The fraction of sp³-hybridized carbons (Fsp3) is 0.357. The standard InChI is InChI=1S/C14H16IN3O3/c15-9-3-1-2-8(6-9)7-11(13(16)20)18-14(21)10-4-5-12(19)17-10/h1-3,6,10-11H,4-5,7H2,(H2,16,20)(H,17,19)(H,18,21)/t10-,11+/m1/s1. The fourth-order valence-electron chi connectivity index (χ4n) is 2.21. The van der Waals surface area contributed by atoms with Crippen molar-refractivity contribution in [2.45, 2.75) is 31.3 Å². The van der Waals surface area contributed by atoms with E-state index < -0.39 is 18.0 Å². The lowest BCUT2D eigenvalue weighted by atomic mass is 10.0. The number of amides is 3. The zero-order valence-electron chi connectivity index (χ0n) is 11.3. The number of benzene rings is 1. The average Bonchev–Trinajstić information content (AvgIpc) is 2.84. The lowest BCUT2D eigenvalue weighted by Gasteiger charge is -2.18. The van der Waals surface area contributed by atoms with Crippen LogP contribution in [0.3, 0.4) is 0 Å². The van der Waals surface area contributed by atoms with Gasteiger partial charge in [-0.15, -0.1) is 0 Å². The summed E-state index contributed by atoms with van der Waals surface area (Å²) in [6, 6.07) is 6.27. The van der Waals surface area contributed by atoms with Gasteiger partial charge in [0.25, 0.3) is 0 Å². The maximum atomic E-state index is 12.0. The molecule has 0 saturated carbocycles. The topological polar surface area (TPSA) is 101 Å². The summed E-state index contributed by atoms with van der Waals surface area (Å²) in [5.41, 5.74) is 6.27. The smallest absolute Gasteiger partial charge is 0.243 e. The Labute approximate surface area is 136 Å². The second-order valence-electron chi connectivity index (χ2n) is 4.96. The Hall–Kier alpha value is -1.64. The number of nitrogens with one attached hydrogen (secondary N) is 2.